The molecule has 0 saturated carbocycles. The van der Waals surface area contributed by atoms with Crippen molar-refractivity contribution < 1.29 is 19.1 Å². The van der Waals surface area contributed by atoms with Crippen LogP contribution in [0.2, 0.25) is 10.0 Å². The molecule has 3 rings (SSSR count). The summed E-state index contributed by atoms with van der Waals surface area (Å²) in [7, 11) is 1.30. The van der Waals surface area contributed by atoms with Gasteiger partial charge in [0.25, 0.3) is 0 Å². The molecule has 24 heavy (non-hydrogen) atoms. The summed E-state index contributed by atoms with van der Waals surface area (Å²) in [5, 5.41) is 3.65. The maximum atomic E-state index is 12.6. The molecule has 0 spiro atoms. The normalized spacial score (nSPS) is 34.3. The van der Waals surface area contributed by atoms with Gasteiger partial charge < -0.3 is 14.8 Å². The lowest BCUT2D eigenvalue weighted by molar-refractivity contribution is -0.175. The van der Waals surface area contributed by atoms with Crippen molar-refractivity contribution >= 4 is 35.1 Å². The third kappa shape index (κ3) is 2.32. The van der Waals surface area contributed by atoms with Gasteiger partial charge in [-0.3, -0.25) is 4.79 Å². The third-order valence-electron chi connectivity index (χ3n) is 4.57. The lowest BCUT2D eigenvalue weighted by Crippen LogP contribution is -2.61. The fourth-order valence-electron chi connectivity index (χ4n) is 3.73. The summed E-state index contributed by atoms with van der Waals surface area (Å²) in [5.41, 5.74) is -0.580. The van der Waals surface area contributed by atoms with E-state index in [1.165, 1.54) is 7.11 Å². The van der Waals surface area contributed by atoms with E-state index >= 15 is 0 Å². The van der Waals surface area contributed by atoms with Crippen LogP contribution in [0.5, 0.6) is 0 Å². The molecule has 1 aromatic rings. The zero-order chi connectivity index (χ0) is 17.7. The first-order valence-corrected chi connectivity index (χ1v) is 8.34. The molecule has 2 saturated heterocycles. The van der Waals surface area contributed by atoms with E-state index in [0.29, 0.717) is 22.2 Å². The van der Waals surface area contributed by atoms with Crippen molar-refractivity contribution in [3.63, 3.8) is 0 Å². The van der Waals surface area contributed by atoms with Gasteiger partial charge in [0.2, 0.25) is 5.91 Å². The topological polar surface area (TPSA) is 67.6 Å². The first-order chi connectivity index (χ1) is 11.3. The number of nitrogens with one attached hydrogen (secondary N) is 1. The van der Waals surface area contributed by atoms with Crippen molar-refractivity contribution in [1.29, 1.82) is 0 Å². The van der Waals surface area contributed by atoms with Gasteiger partial charge in [0.05, 0.1) is 19.6 Å². The van der Waals surface area contributed by atoms with E-state index in [0.717, 1.165) is 0 Å². The van der Waals surface area contributed by atoms with Crippen LogP contribution in [0.15, 0.2) is 18.2 Å². The summed E-state index contributed by atoms with van der Waals surface area (Å²) < 4.78 is 10.7. The van der Waals surface area contributed by atoms with Crippen LogP contribution in [0.1, 0.15) is 31.9 Å². The number of halogens is 2. The number of benzene rings is 1. The number of hydrogen-bond acceptors (Lipinski definition) is 5. The number of nitrogens with zero attached hydrogens (tertiary/aromatic N) is 1. The highest BCUT2D eigenvalue weighted by Crippen LogP contribution is 2.63. The Bertz CT molecular complexity index is 693. The van der Waals surface area contributed by atoms with Crippen molar-refractivity contribution in [3.8, 4) is 0 Å². The minimum absolute atomic E-state index is 0.0471. The average Bonchev–Trinajstić information content (AvgIpc) is 3.17. The highest BCUT2D eigenvalue weighted by Gasteiger charge is 2.78. The number of methoxy groups -OCH3 is 1. The molecule has 2 aliphatic heterocycles. The Morgan fingerprint density at radius 1 is 1.42 bits per heavy atom. The number of ether oxygens (including phenoxy) is 2. The third-order valence-corrected chi connectivity index (χ3v) is 5.23. The molecule has 8 heteroatoms. The van der Waals surface area contributed by atoms with E-state index in [-0.39, 0.29) is 12.3 Å². The minimum Gasteiger partial charge on any atom is -0.468 e. The van der Waals surface area contributed by atoms with Crippen LogP contribution in [0.25, 0.3) is 0 Å². The number of carbonyl (C=O) groups is 2. The highest BCUT2D eigenvalue weighted by molar-refractivity contribution is 6.36. The van der Waals surface area contributed by atoms with E-state index in [1.807, 2.05) is 6.92 Å². The van der Waals surface area contributed by atoms with E-state index < -0.39 is 23.4 Å². The lowest BCUT2D eigenvalue weighted by Gasteiger charge is -2.37. The van der Waals surface area contributed by atoms with Crippen LogP contribution in [-0.4, -0.2) is 41.9 Å². The quantitative estimate of drug-likeness (QED) is 0.649. The molecule has 6 nitrogen and oxygen atoms in total. The summed E-state index contributed by atoms with van der Waals surface area (Å²) in [6.07, 6.45) is -0.0471. The van der Waals surface area contributed by atoms with Gasteiger partial charge in [0.1, 0.15) is 0 Å². The number of hydrogen-bond donors (Lipinski definition) is 1. The van der Waals surface area contributed by atoms with Gasteiger partial charge in [-0.2, -0.15) is 0 Å². The molecule has 1 unspecified atom stereocenters. The van der Waals surface area contributed by atoms with Gasteiger partial charge in [0, 0.05) is 22.2 Å². The summed E-state index contributed by atoms with van der Waals surface area (Å²) >= 11 is 12.7. The second-order valence-electron chi connectivity index (χ2n) is 5.96. The molecule has 2 fully saturated rings. The average molecular weight is 373 g/mol. The Morgan fingerprint density at radius 2 is 2.04 bits per heavy atom. The van der Waals surface area contributed by atoms with Crippen LogP contribution in [-0.2, 0) is 19.1 Å². The van der Waals surface area contributed by atoms with Gasteiger partial charge in [-0.25, -0.2) is 9.69 Å². The fourth-order valence-corrected chi connectivity index (χ4v) is 4.34. The smallest absolute Gasteiger partial charge is 0.329 e. The van der Waals surface area contributed by atoms with Gasteiger partial charge in [0.15, 0.2) is 11.4 Å². The van der Waals surface area contributed by atoms with Crippen molar-refractivity contribution in [2.45, 2.75) is 37.7 Å². The predicted octanol–water partition coefficient (Wildman–Crippen LogP) is 2.49. The molecule has 1 amide bonds. The Labute approximate surface area is 150 Å². The van der Waals surface area contributed by atoms with Crippen LogP contribution < -0.4 is 5.32 Å². The van der Waals surface area contributed by atoms with Gasteiger partial charge in [-0.15, -0.1) is 0 Å². The number of carbonyl (C=O) groups excluding carboxylic acids is 2. The second kappa shape index (κ2) is 5.88. The van der Waals surface area contributed by atoms with Gasteiger partial charge in [-0.1, -0.05) is 29.3 Å². The zero-order valence-electron chi connectivity index (χ0n) is 13.6. The largest absolute Gasteiger partial charge is 0.468 e. The van der Waals surface area contributed by atoms with E-state index in [1.54, 1.807) is 30.0 Å². The molecule has 0 bridgehead atoms. The molecule has 0 radical (unpaired) electrons. The molecule has 4 atom stereocenters. The van der Waals surface area contributed by atoms with E-state index in [4.69, 9.17) is 32.7 Å². The number of rotatable bonds is 4. The molecule has 1 aromatic carbocycles. The summed E-state index contributed by atoms with van der Waals surface area (Å²) in [4.78, 5) is 26.6. The molecular formula is C16H18Cl2N2O4. The Morgan fingerprint density at radius 3 is 2.58 bits per heavy atom. The van der Waals surface area contributed by atoms with Crippen LogP contribution in [0.4, 0.5) is 0 Å². The first kappa shape index (κ1) is 17.5. The predicted molar refractivity (Wildman–Crippen MR) is 88.6 cm³/mol. The highest BCUT2D eigenvalue weighted by atomic mass is 35.5. The molecule has 2 aliphatic rings. The van der Waals surface area contributed by atoms with Crippen LogP contribution in [0, 0.1) is 0 Å². The Hall–Kier alpha value is -1.34. The molecule has 130 valence electrons. The second-order valence-corrected chi connectivity index (χ2v) is 6.78. The van der Waals surface area contributed by atoms with Crippen molar-refractivity contribution in [1.82, 2.24) is 10.2 Å². The van der Waals surface area contributed by atoms with Crippen molar-refractivity contribution in [2.24, 2.45) is 0 Å². The molecule has 1 N–H and O–H groups in total. The monoisotopic (exact) mass is 372 g/mol. The fraction of sp³-hybridized carbons (Fsp3) is 0.500. The maximum Gasteiger partial charge on any atom is 0.329 e. The van der Waals surface area contributed by atoms with E-state index in [9.17, 15) is 9.59 Å². The summed E-state index contributed by atoms with van der Waals surface area (Å²) in [6, 6.07) is 4.62. The zero-order valence-corrected chi connectivity index (χ0v) is 15.1. The Balaban J connectivity index is 2.15. The number of esters is 1. The summed E-state index contributed by atoms with van der Waals surface area (Å²) in [5.74, 6) is -1.95. The minimum atomic E-state index is -1.17. The van der Waals surface area contributed by atoms with Crippen molar-refractivity contribution in [2.75, 3.05) is 13.7 Å². The molecule has 2 heterocycles. The van der Waals surface area contributed by atoms with Gasteiger partial charge in [-0.05, 0) is 26.0 Å². The molecule has 0 aromatic heterocycles. The van der Waals surface area contributed by atoms with Crippen molar-refractivity contribution in [3.05, 3.63) is 33.8 Å². The number of fused-ring (bicyclic) bond motifs is 1. The first-order valence-electron chi connectivity index (χ1n) is 7.58. The lowest BCUT2D eigenvalue weighted by atomic mass is 9.94. The molecule has 0 aliphatic carbocycles. The standard InChI is InChI=1S/C16H18Cl2N2O4/c1-4-24-15(2)19-11(21)8-16(14(22)23-3)13(20(15)16)12-9(17)6-5-7-10(12)18/h5-7,13H,4,8H2,1-3H3,(H,19,21)/t13-,15+,16-,20?/m1/s1. The van der Waals surface area contributed by atoms with Crippen LogP contribution in [0.3, 0.4) is 0 Å². The van der Waals surface area contributed by atoms with E-state index in [2.05, 4.69) is 5.32 Å². The number of amides is 1. The maximum absolute atomic E-state index is 12.6. The SMILES string of the molecule is CCO[C@@]1(C)NC(=O)C[C@]2(C(=O)OC)[C@@H](c3c(Cl)cccc3Cl)N21. The van der Waals surface area contributed by atoms with Crippen LogP contribution >= 0.6 is 23.2 Å². The Kier molecular flexibility index (Phi) is 4.28. The van der Waals surface area contributed by atoms with Gasteiger partial charge >= 0.3 is 5.97 Å². The molecular weight excluding hydrogens is 355 g/mol. The summed E-state index contributed by atoms with van der Waals surface area (Å²) in [6.45, 7) is 3.87.